The minimum Gasteiger partial charge on any atom is -0.481 e. The van der Waals surface area contributed by atoms with Crippen LogP contribution in [-0.4, -0.2) is 49.8 Å². The predicted molar refractivity (Wildman–Crippen MR) is 88.5 cm³/mol. The lowest BCUT2D eigenvalue weighted by Gasteiger charge is -2.55. The molecule has 14 heteroatoms. The number of carboxylic acid groups (broad SMARTS) is 1. The summed E-state index contributed by atoms with van der Waals surface area (Å²) >= 11 is 0.836. The van der Waals surface area contributed by atoms with Gasteiger partial charge in [-0.25, -0.2) is 4.39 Å². The van der Waals surface area contributed by atoms with Gasteiger partial charge in [-0.15, -0.1) is 0 Å². The van der Waals surface area contributed by atoms with Gasteiger partial charge < -0.3 is 5.11 Å². The third-order valence-corrected chi connectivity index (χ3v) is 6.53. The Hall–Kier alpha value is -1.35. The number of hydrogen-bond donors (Lipinski definition) is 1. The third kappa shape index (κ3) is 2.45. The first-order valence-corrected chi connectivity index (χ1v) is 8.84. The minimum absolute atomic E-state index is 0.0245. The zero-order chi connectivity index (χ0) is 23.8. The molecular formula is C16H10F11IO2. The van der Waals surface area contributed by atoms with Crippen molar-refractivity contribution in [3.63, 3.8) is 0 Å². The van der Waals surface area contributed by atoms with Crippen LogP contribution in [0.25, 0.3) is 0 Å². The lowest BCUT2D eigenvalue weighted by molar-refractivity contribution is -0.479. The lowest BCUT2D eigenvalue weighted by Crippen LogP contribution is -2.84. The van der Waals surface area contributed by atoms with Crippen LogP contribution in [0.4, 0.5) is 48.3 Å². The second kappa shape index (κ2) is 6.58. The molecule has 0 heterocycles. The quantitative estimate of drug-likeness (QED) is 0.201. The SMILES string of the molecule is CC=CC1(I)C(C2(F)C(F)(F)C(F)(F)C(F)(F)C(F)(F)C2(F)F)=CC=CC1C(=O)O. The van der Waals surface area contributed by atoms with Gasteiger partial charge in [0.1, 0.15) is 0 Å². The van der Waals surface area contributed by atoms with Crippen molar-refractivity contribution >= 4 is 28.6 Å². The Morgan fingerprint density at radius 3 is 1.67 bits per heavy atom. The van der Waals surface area contributed by atoms with E-state index in [0.29, 0.717) is 18.2 Å². The molecule has 0 bridgehead atoms. The maximum absolute atomic E-state index is 15.5. The number of allylic oxidation sites excluding steroid dienone is 5. The summed E-state index contributed by atoms with van der Waals surface area (Å²) in [5.74, 6) is -40.1. The van der Waals surface area contributed by atoms with E-state index in [1.807, 2.05) is 0 Å². The van der Waals surface area contributed by atoms with E-state index in [-0.39, 0.29) is 6.08 Å². The average Bonchev–Trinajstić information content (AvgIpc) is 2.59. The van der Waals surface area contributed by atoms with Gasteiger partial charge in [0.05, 0.1) is 9.34 Å². The van der Waals surface area contributed by atoms with Gasteiger partial charge >= 0.3 is 35.6 Å². The molecule has 0 aliphatic heterocycles. The molecule has 0 saturated heterocycles. The molecular weight excluding hydrogens is 560 g/mol. The number of carboxylic acids is 1. The average molecular weight is 570 g/mol. The number of alkyl halides is 12. The van der Waals surface area contributed by atoms with Gasteiger partial charge in [-0.05, 0) is 6.92 Å². The van der Waals surface area contributed by atoms with Crippen molar-refractivity contribution in [2.45, 2.75) is 45.6 Å². The zero-order valence-corrected chi connectivity index (χ0v) is 16.5. The van der Waals surface area contributed by atoms with Gasteiger partial charge in [-0.2, -0.15) is 43.9 Å². The monoisotopic (exact) mass is 570 g/mol. The highest BCUT2D eigenvalue weighted by Crippen LogP contribution is 2.72. The number of halogens is 12. The molecule has 0 aromatic carbocycles. The number of carbonyl (C=O) groups is 1. The third-order valence-electron chi connectivity index (χ3n) is 4.92. The van der Waals surface area contributed by atoms with E-state index in [4.69, 9.17) is 0 Å². The fourth-order valence-electron chi connectivity index (χ4n) is 3.33. The smallest absolute Gasteiger partial charge is 0.384 e. The minimum atomic E-state index is -7.34. The van der Waals surface area contributed by atoms with Crippen molar-refractivity contribution in [3.8, 4) is 0 Å². The maximum Gasteiger partial charge on any atom is 0.384 e. The van der Waals surface area contributed by atoms with Crippen LogP contribution in [0.2, 0.25) is 0 Å². The van der Waals surface area contributed by atoms with Crippen LogP contribution in [-0.2, 0) is 4.79 Å². The summed E-state index contributed by atoms with van der Waals surface area (Å²) in [5, 5.41) is 9.22. The highest BCUT2D eigenvalue weighted by atomic mass is 127. The molecule has 1 saturated carbocycles. The van der Waals surface area contributed by atoms with Crippen molar-refractivity contribution in [1.29, 1.82) is 0 Å². The maximum atomic E-state index is 15.5. The molecule has 0 amide bonds. The van der Waals surface area contributed by atoms with E-state index in [1.165, 1.54) is 0 Å². The fourth-order valence-corrected chi connectivity index (χ4v) is 4.72. The Labute approximate surface area is 174 Å². The molecule has 2 rings (SSSR count). The molecule has 0 aromatic rings. The molecule has 0 spiro atoms. The van der Waals surface area contributed by atoms with Crippen molar-refractivity contribution in [2.75, 3.05) is 0 Å². The van der Waals surface area contributed by atoms with E-state index in [9.17, 15) is 53.8 Å². The normalized spacial score (nSPS) is 35.1. The van der Waals surface area contributed by atoms with Crippen molar-refractivity contribution in [2.24, 2.45) is 5.92 Å². The summed E-state index contributed by atoms with van der Waals surface area (Å²) in [6, 6.07) is 0. The van der Waals surface area contributed by atoms with E-state index in [2.05, 4.69) is 0 Å². The van der Waals surface area contributed by atoms with Gasteiger partial charge in [0, 0.05) is 5.57 Å². The second-order valence-electron chi connectivity index (χ2n) is 6.58. The zero-order valence-electron chi connectivity index (χ0n) is 14.4. The van der Waals surface area contributed by atoms with Crippen LogP contribution in [0.3, 0.4) is 0 Å². The Bertz CT molecular complexity index is 816. The number of rotatable bonds is 3. The summed E-state index contributed by atoms with van der Waals surface area (Å²) in [6.45, 7) is 1.08. The Morgan fingerprint density at radius 1 is 0.900 bits per heavy atom. The van der Waals surface area contributed by atoms with Gasteiger partial charge in [-0.3, -0.25) is 4.79 Å². The second-order valence-corrected chi connectivity index (χ2v) is 8.36. The number of hydrogen-bond acceptors (Lipinski definition) is 1. The Balaban J connectivity index is 3.00. The van der Waals surface area contributed by atoms with E-state index in [0.717, 1.165) is 35.6 Å². The first-order chi connectivity index (χ1) is 13.2. The topological polar surface area (TPSA) is 37.3 Å². The highest BCUT2D eigenvalue weighted by molar-refractivity contribution is 14.1. The van der Waals surface area contributed by atoms with Crippen molar-refractivity contribution < 1.29 is 58.2 Å². The first-order valence-electron chi connectivity index (χ1n) is 7.76. The summed E-state index contributed by atoms with van der Waals surface area (Å²) in [4.78, 5) is 11.4. The molecule has 2 aliphatic carbocycles. The molecule has 0 radical (unpaired) electrons. The van der Waals surface area contributed by atoms with E-state index in [1.54, 1.807) is 0 Å². The predicted octanol–water partition coefficient (Wildman–Crippen LogP) is 5.83. The molecule has 2 atom stereocenters. The van der Waals surface area contributed by atoms with Crippen LogP contribution in [0, 0.1) is 5.92 Å². The molecule has 2 unspecified atom stereocenters. The van der Waals surface area contributed by atoms with Gasteiger partial charge in [0.25, 0.3) is 5.67 Å². The first kappa shape index (κ1) is 24.9. The van der Waals surface area contributed by atoms with E-state index < -0.39 is 56.2 Å². The molecule has 1 N–H and O–H groups in total. The summed E-state index contributed by atoms with van der Waals surface area (Å²) in [5.41, 5.74) is -8.62. The van der Waals surface area contributed by atoms with Crippen LogP contribution in [0.15, 0.2) is 36.0 Å². The molecule has 2 nitrogen and oxygen atoms in total. The largest absolute Gasteiger partial charge is 0.481 e. The standard InChI is InChI=1S/C16H10F11IO2/c1-2-6-10(28)7(9(29)30)4-3-5-8(10)11(17)12(18,19)14(22,23)16(26,27)15(24,25)13(11,20)21/h2-7H,1H3,(H,29,30). The van der Waals surface area contributed by atoms with Crippen LogP contribution in [0.5, 0.6) is 0 Å². The van der Waals surface area contributed by atoms with Gasteiger partial charge in [-0.1, -0.05) is 53.0 Å². The summed E-state index contributed by atoms with van der Waals surface area (Å²) in [7, 11) is 0. The Kier molecular flexibility index (Phi) is 5.46. The summed E-state index contributed by atoms with van der Waals surface area (Å²) in [6.07, 6.45) is 2.40. The Morgan fingerprint density at radius 2 is 1.30 bits per heavy atom. The van der Waals surface area contributed by atoms with Crippen molar-refractivity contribution in [3.05, 3.63) is 36.0 Å². The molecule has 0 aromatic heterocycles. The van der Waals surface area contributed by atoms with Crippen LogP contribution < -0.4 is 0 Å². The summed E-state index contributed by atoms with van der Waals surface area (Å²) < 4.78 is 152. The van der Waals surface area contributed by atoms with Gasteiger partial charge in [0.15, 0.2) is 0 Å². The molecule has 2 aliphatic rings. The van der Waals surface area contributed by atoms with Crippen LogP contribution in [0.1, 0.15) is 6.92 Å². The lowest BCUT2D eigenvalue weighted by atomic mass is 9.63. The fraction of sp³-hybridized carbons (Fsp3) is 0.562. The molecule has 1 fully saturated rings. The van der Waals surface area contributed by atoms with E-state index >= 15 is 4.39 Å². The molecule has 30 heavy (non-hydrogen) atoms. The van der Waals surface area contributed by atoms with Crippen molar-refractivity contribution in [1.82, 2.24) is 0 Å². The van der Waals surface area contributed by atoms with Crippen LogP contribution >= 0.6 is 22.6 Å². The van der Waals surface area contributed by atoms with Gasteiger partial charge in [0.2, 0.25) is 0 Å². The highest BCUT2D eigenvalue weighted by Gasteiger charge is 3.02. The number of aliphatic carboxylic acids is 1. The molecule has 170 valence electrons.